The van der Waals surface area contributed by atoms with Gasteiger partial charge in [0.15, 0.2) is 11.5 Å². The lowest BCUT2D eigenvalue weighted by Crippen LogP contribution is -2.17. The molecule has 0 saturated heterocycles. The van der Waals surface area contributed by atoms with Crippen LogP contribution in [0.3, 0.4) is 0 Å². The molecular weight excluding hydrogens is 212 g/mol. The molecule has 2 nitrogen and oxygen atoms in total. The summed E-state index contributed by atoms with van der Waals surface area (Å²) in [6.45, 7) is 12.1. The molecule has 1 aliphatic rings. The van der Waals surface area contributed by atoms with Crippen LogP contribution in [0.2, 0.25) is 0 Å². The Hall–Kier alpha value is -1.18. The summed E-state index contributed by atoms with van der Waals surface area (Å²) in [5.74, 6) is 1.74. The van der Waals surface area contributed by atoms with Crippen LogP contribution in [0.4, 0.5) is 0 Å². The van der Waals surface area contributed by atoms with Crippen molar-refractivity contribution < 1.29 is 9.47 Å². The van der Waals surface area contributed by atoms with Crippen molar-refractivity contribution in [3.05, 3.63) is 23.8 Å². The molecule has 0 amide bonds. The van der Waals surface area contributed by atoms with E-state index in [1.54, 1.807) is 0 Å². The van der Waals surface area contributed by atoms with Crippen LogP contribution in [0.1, 0.15) is 46.6 Å². The lowest BCUT2D eigenvalue weighted by atomic mass is 9.87. The highest BCUT2D eigenvalue weighted by Gasteiger charge is 2.18. The summed E-state index contributed by atoms with van der Waals surface area (Å²) < 4.78 is 11.0. The second-order valence-electron chi connectivity index (χ2n) is 5.32. The molecule has 2 heteroatoms. The maximum atomic E-state index is 5.53. The van der Waals surface area contributed by atoms with E-state index in [0.29, 0.717) is 13.2 Å². The zero-order valence-electron chi connectivity index (χ0n) is 11.7. The number of hydrogen-bond donors (Lipinski definition) is 0. The van der Waals surface area contributed by atoms with Gasteiger partial charge in [0.2, 0.25) is 0 Å². The first-order chi connectivity index (χ1) is 7.99. The molecule has 0 saturated carbocycles. The lowest BCUT2D eigenvalue weighted by Gasteiger charge is -2.23. The van der Waals surface area contributed by atoms with Gasteiger partial charge in [0.25, 0.3) is 0 Å². The summed E-state index contributed by atoms with van der Waals surface area (Å²) in [5.41, 5.74) is 1.44. The maximum absolute atomic E-state index is 5.53. The SMILES string of the molecule is CC(C)(C)c1ccc2c(c1)OCCO2.CCC. The van der Waals surface area contributed by atoms with Crippen molar-refractivity contribution in [3.8, 4) is 11.5 Å². The minimum absolute atomic E-state index is 0.163. The predicted octanol–water partition coefficient (Wildman–Crippen LogP) is 4.17. The van der Waals surface area contributed by atoms with Crippen LogP contribution in [0, 0.1) is 0 Å². The number of ether oxygens (including phenoxy) is 2. The monoisotopic (exact) mass is 236 g/mol. The molecule has 0 spiro atoms. The largest absolute Gasteiger partial charge is 0.486 e. The second kappa shape index (κ2) is 5.95. The van der Waals surface area contributed by atoms with Gasteiger partial charge in [-0.1, -0.05) is 47.1 Å². The van der Waals surface area contributed by atoms with Crippen LogP contribution < -0.4 is 9.47 Å². The minimum atomic E-state index is 0.163. The molecule has 0 aliphatic carbocycles. The molecule has 0 radical (unpaired) electrons. The molecule has 2 rings (SSSR count). The highest BCUT2D eigenvalue weighted by Crippen LogP contribution is 2.34. The van der Waals surface area contributed by atoms with Crippen molar-refractivity contribution in [1.82, 2.24) is 0 Å². The fourth-order valence-corrected chi connectivity index (χ4v) is 1.51. The third kappa shape index (κ3) is 3.95. The first kappa shape index (κ1) is 13.9. The average Bonchev–Trinajstić information content (AvgIpc) is 2.28. The van der Waals surface area contributed by atoms with Crippen LogP contribution >= 0.6 is 0 Å². The number of hydrogen-bond acceptors (Lipinski definition) is 2. The third-order valence-corrected chi connectivity index (χ3v) is 2.41. The van der Waals surface area contributed by atoms with Crippen molar-refractivity contribution >= 4 is 0 Å². The predicted molar refractivity (Wildman–Crippen MR) is 72.1 cm³/mol. The Bertz CT molecular complexity index is 350. The summed E-state index contributed by atoms with van der Waals surface area (Å²) in [4.78, 5) is 0. The zero-order valence-corrected chi connectivity index (χ0v) is 11.7. The molecule has 0 N–H and O–H groups in total. The average molecular weight is 236 g/mol. The van der Waals surface area contributed by atoms with E-state index in [1.165, 1.54) is 12.0 Å². The van der Waals surface area contributed by atoms with Gasteiger partial charge in [-0.2, -0.15) is 0 Å². The fraction of sp³-hybridized carbons (Fsp3) is 0.600. The minimum Gasteiger partial charge on any atom is -0.486 e. The van der Waals surface area contributed by atoms with Gasteiger partial charge in [0, 0.05) is 0 Å². The van der Waals surface area contributed by atoms with E-state index in [4.69, 9.17) is 9.47 Å². The van der Waals surface area contributed by atoms with E-state index in [0.717, 1.165) is 11.5 Å². The lowest BCUT2D eigenvalue weighted by molar-refractivity contribution is 0.171. The highest BCUT2D eigenvalue weighted by atomic mass is 16.6. The summed E-state index contributed by atoms with van der Waals surface area (Å²) >= 11 is 0. The number of rotatable bonds is 0. The van der Waals surface area contributed by atoms with Crippen molar-refractivity contribution in [1.29, 1.82) is 0 Å². The molecule has 0 atom stereocenters. The van der Waals surface area contributed by atoms with Gasteiger partial charge in [-0.25, -0.2) is 0 Å². The van der Waals surface area contributed by atoms with Gasteiger partial charge in [0.05, 0.1) is 0 Å². The summed E-state index contributed by atoms with van der Waals surface area (Å²) in [6, 6.07) is 6.18. The van der Waals surface area contributed by atoms with Crippen LogP contribution in [0.15, 0.2) is 18.2 Å². The Morgan fingerprint density at radius 3 is 2.06 bits per heavy atom. The first-order valence-electron chi connectivity index (χ1n) is 6.39. The number of benzene rings is 1. The molecule has 0 unspecified atom stereocenters. The zero-order chi connectivity index (χ0) is 12.9. The van der Waals surface area contributed by atoms with Gasteiger partial charge in [-0.15, -0.1) is 0 Å². The fourth-order valence-electron chi connectivity index (χ4n) is 1.51. The Labute approximate surface area is 105 Å². The molecule has 17 heavy (non-hydrogen) atoms. The van der Waals surface area contributed by atoms with Gasteiger partial charge in [-0.05, 0) is 23.1 Å². The molecule has 96 valence electrons. The quantitative estimate of drug-likeness (QED) is 0.673. The molecule has 1 aromatic carbocycles. The second-order valence-corrected chi connectivity index (χ2v) is 5.32. The van der Waals surface area contributed by atoms with E-state index in [1.807, 2.05) is 6.07 Å². The summed E-state index contributed by atoms with van der Waals surface area (Å²) in [5, 5.41) is 0. The summed E-state index contributed by atoms with van der Waals surface area (Å²) in [6.07, 6.45) is 1.25. The van der Waals surface area contributed by atoms with E-state index in [-0.39, 0.29) is 5.41 Å². The van der Waals surface area contributed by atoms with Crippen LogP contribution in [-0.4, -0.2) is 13.2 Å². The van der Waals surface area contributed by atoms with Gasteiger partial charge in [0.1, 0.15) is 13.2 Å². The first-order valence-corrected chi connectivity index (χ1v) is 6.39. The highest BCUT2D eigenvalue weighted by molar-refractivity contribution is 5.45. The smallest absolute Gasteiger partial charge is 0.161 e. The van der Waals surface area contributed by atoms with E-state index in [9.17, 15) is 0 Å². The molecule has 0 aromatic heterocycles. The third-order valence-electron chi connectivity index (χ3n) is 2.41. The normalized spacial score (nSPS) is 13.7. The topological polar surface area (TPSA) is 18.5 Å². The van der Waals surface area contributed by atoms with Crippen molar-refractivity contribution in [2.24, 2.45) is 0 Å². The summed E-state index contributed by atoms with van der Waals surface area (Å²) in [7, 11) is 0. The van der Waals surface area contributed by atoms with Crippen molar-refractivity contribution in [2.45, 2.75) is 46.5 Å². The van der Waals surface area contributed by atoms with Crippen LogP contribution in [0.5, 0.6) is 11.5 Å². The maximum Gasteiger partial charge on any atom is 0.161 e. The Balaban J connectivity index is 0.000000437. The van der Waals surface area contributed by atoms with E-state index < -0.39 is 0 Å². The molecule has 1 heterocycles. The van der Waals surface area contributed by atoms with Crippen LogP contribution in [0.25, 0.3) is 0 Å². The Morgan fingerprint density at radius 1 is 1.00 bits per heavy atom. The molecular formula is C15H24O2. The number of fused-ring (bicyclic) bond motifs is 1. The van der Waals surface area contributed by atoms with E-state index >= 15 is 0 Å². The standard InChI is InChI=1S/C12H16O2.C3H8/c1-12(2,3)9-4-5-10-11(8-9)14-7-6-13-10;1-3-2/h4-5,8H,6-7H2,1-3H3;3H2,1-2H3. The van der Waals surface area contributed by atoms with Crippen LogP contribution in [-0.2, 0) is 5.41 Å². The van der Waals surface area contributed by atoms with Crippen molar-refractivity contribution in [2.75, 3.05) is 13.2 Å². The molecule has 0 bridgehead atoms. The van der Waals surface area contributed by atoms with Crippen molar-refractivity contribution in [3.63, 3.8) is 0 Å². The van der Waals surface area contributed by atoms with Gasteiger partial charge < -0.3 is 9.47 Å². The van der Waals surface area contributed by atoms with Gasteiger partial charge in [-0.3, -0.25) is 0 Å². The molecule has 1 aliphatic heterocycles. The molecule has 0 fully saturated rings. The Kier molecular flexibility index (Phi) is 4.86. The van der Waals surface area contributed by atoms with Gasteiger partial charge >= 0.3 is 0 Å². The van der Waals surface area contributed by atoms with E-state index in [2.05, 4.69) is 46.8 Å². The molecule has 1 aromatic rings. The Morgan fingerprint density at radius 2 is 1.53 bits per heavy atom.